The Bertz CT molecular complexity index is 1220. The minimum Gasteiger partial charge on any atom is -0.308 e. The molecule has 154 valence electrons. The van der Waals surface area contributed by atoms with Gasteiger partial charge in [0, 0.05) is 19.0 Å². The van der Waals surface area contributed by atoms with Crippen molar-refractivity contribution in [1.82, 2.24) is 29.3 Å². The molecule has 2 aromatic heterocycles. The van der Waals surface area contributed by atoms with Crippen molar-refractivity contribution >= 4 is 21.2 Å². The lowest BCUT2D eigenvalue weighted by atomic mass is 9.97. The number of aromatic amines is 1. The predicted octanol–water partition coefficient (Wildman–Crippen LogP) is 1.32. The largest absolute Gasteiger partial charge is 0.308 e. The van der Waals surface area contributed by atoms with Gasteiger partial charge in [0.25, 0.3) is 5.56 Å². The van der Waals surface area contributed by atoms with Gasteiger partial charge in [0.15, 0.2) is 11.2 Å². The molecule has 1 N–H and O–H groups in total. The molecule has 10 heteroatoms. The minimum atomic E-state index is -3.20. The van der Waals surface area contributed by atoms with Crippen LogP contribution in [0.15, 0.2) is 23.0 Å². The number of piperidine rings is 1. The first-order valence-corrected chi connectivity index (χ1v) is 11.4. The lowest BCUT2D eigenvalue weighted by Gasteiger charge is -2.29. The fourth-order valence-corrected chi connectivity index (χ4v) is 4.65. The maximum Gasteiger partial charge on any atom is 0.281 e. The molecule has 3 aromatic rings. The van der Waals surface area contributed by atoms with Crippen molar-refractivity contribution in [1.29, 1.82) is 0 Å². The Labute approximate surface area is 168 Å². The van der Waals surface area contributed by atoms with E-state index in [4.69, 9.17) is 0 Å². The van der Waals surface area contributed by atoms with Crippen LogP contribution in [0.3, 0.4) is 0 Å². The van der Waals surface area contributed by atoms with E-state index < -0.39 is 10.0 Å². The molecule has 0 radical (unpaired) electrons. The predicted molar refractivity (Wildman–Crippen MR) is 109 cm³/mol. The second-order valence-corrected chi connectivity index (χ2v) is 9.72. The SMILES string of the molecule is Cc1ccc(C)c(Cn2nnc3c(=O)[nH]c(C4CCN(S(C)(=O)=O)CC4)nc32)c1. The van der Waals surface area contributed by atoms with Gasteiger partial charge in [-0.15, -0.1) is 5.10 Å². The number of H-pyrrole nitrogens is 1. The molecule has 1 aliphatic rings. The summed E-state index contributed by atoms with van der Waals surface area (Å²) in [6.45, 7) is 5.39. The molecule has 29 heavy (non-hydrogen) atoms. The van der Waals surface area contributed by atoms with Crippen LogP contribution >= 0.6 is 0 Å². The van der Waals surface area contributed by atoms with Gasteiger partial charge >= 0.3 is 0 Å². The Morgan fingerprint density at radius 2 is 1.93 bits per heavy atom. The highest BCUT2D eigenvalue weighted by Gasteiger charge is 2.28. The molecule has 0 unspecified atom stereocenters. The first kappa shape index (κ1) is 19.7. The van der Waals surface area contributed by atoms with Gasteiger partial charge in [-0.1, -0.05) is 29.0 Å². The zero-order chi connectivity index (χ0) is 20.8. The Morgan fingerprint density at radius 3 is 2.62 bits per heavy atom. The maximum atomic E-state index is 12.5. The molecule has 9 nitrogen and oxygen atoms in total. The van der Waals surface area contributed by atoms with Crippen LogP contribution in [-0.4, -0.2) is 57.0 Å². The van der Waals surface area contributed by atoms with Crippen molar-refractivity contribution in [3.05, 3.63) is 51.1 Å². The Balaban J connectivity index is 1.65. The highest BCUT2D eigenvalue weighted by Crippen LogP contribution is 2.26. The van der Waals surface area contributed by atoms with Crippen LogP contribution in [0.2, 0.25) is 0 Å². The topological polar surface area (TPSA) is 114 Å². The summed E-state index contributed by atoms with van der Waals surface area (Å²) < 4.78 is 26.6. The van der Waals surface area contributed by atoms with Crippen molar-refractivity contribution in [2.24, 2.45) is 0 Å². The van der Waals surface area contributed by atoms with E-state index in [1.165, 1.54) is 10.6 Å². The first-order chi connectivity index (χ1) is 13.7. The molecule has 1 fully saturated rings. The van der Waals surface area contributed by atoms with Crippen molar-refractivity contribution < 1.29 is 8.42 Å². The van der Waals surface area contributed by atoms with E-state index in [1.807, 2.05) is 13.8 Å². The van der Waals surface area contributed by atoms with E-state index in [0.717, 1.165) is 16.7 Å². The van der Waals surface area contributed by atoms with Crippen molar-refractivity contribution in [3.63, 3.8) is 0 Å². The highest BCUT2D eigenvalue weighted by molar-refractivity contribution is 7.88. The number of fused-ring (bicyclic) bond motifs is 1. The molecule has 1 aromatic carbocycles. The standard InChI is InChI=1S/C19H24N6O3S/c1-12-4-5-13(2)15(10-12)11-25-18-16(22-23-25)19(26)21-17(20-18)14-6-8-24(9-7-14)29(3,27)28/h4-5,10,14H,6-9,11H2,1-3H3,(H,20,21,26). The van der Waals surface area contributed by atoms with Crippen molar-refractivity contribution in [2.75, 3.05) is 19.3 Å². The maximum absolute atomic E-state index is 12.5. The summed E-state index contributed by atoms with van der Waals surface area (Å²) in [4.78, 5) is 20.0. The Morgan fingerprint density at radius 1 is 1.21 bits per heavy atom. The molecule has 1 aliphatic heterocycles. The molecule has 0 aliphatic carbocycles. The Kier molecular flexibility index (Phi) is 4.99. The molecule has 0 atom stereocenters. The van der Waals surface area contributed by atoms with E-state index in [2.05, 4.69) is 38.5 Å². The summed E-state index contributed by atoms with van der Waals surface area (Å²) in [5, 5.41) is 8.17. The average molecular weight is 417 g/mol. The number of hydrogen-bond donors (Lipinski definition) is 1. The van der Waals surface area contributed by atoms with Gasteiger partial charge in [-0.05, 0) is 37.8 Å². The summed E-state index contributed by atoms with van der Waals surface area (Å²) in [5.74, 6) is 0.564. The van der Waals surface area contributed by atoms with Gasteiger partial charge in [0.1, 0.15) is 5.82 Å². The van der Waals surface area contributed by atoms with Gasteiger partial charge in [0.05, 0.1) is 12.8 Å². The quantitative estimate of drug-likeness (QED) is 0.686. The molecule has 1 saturated heterocycles. The lowest BCUT2D eigenvalue weighted by molar-refractivity contribution is 0.315. The van der Waals surface area contributed by atoms with E-state index >= 15 is 0 Å². The second kappa shape index (κ2) is 7.34. The highest BCUT2D eigenvalue weighted by atomic mass is 32.2. The lowest BCUT2D eigenvalue weighted by Crippen LogP contribution is -2.37. The van der Waals surface area contributed by atoms with Crippen LogP contribution in [0.25, 0.3) is 11.2 Å². The normalized spacial score (nSPS) is 16.5. The summed E-state index contributed by atoms with van der Waals surface area (Å²) >= 11 is 0. The summed E-state index contributed by atoms with van der Waals surface area (Å²) in [7, 11) is -3.20. The van der Waals surface area contributed by atoms with Crippen molar-refractivity contribution in [2.45, 2.75) is 39.2 Å². The van der Waals surface area contributed by atoms with Crippen LogP contribution in [-0.2, 0) is 16.6 Å². The summed E-state index contributed by atoms with van der Waals surface area (Å²) in [6.07, 6.45) is 2.44. The van der Waals surface area contributed by atoms with E-state index in [1.54, 1.807) is 4.68 Å². The number of rotatable bonds is 4. The van der Waals surface area contributed by atoms with Crippen LogP contribution in [0, 0.1) is 13.8 Å². The number of sulfonamides is 1. The zero-order valence-electron chi connectivity index (χ0n) is 16.7. The summed E-state index contributed by atoms with van der Waals surface area (Å²) in [5.41, 5.74) is 3.74. The molecular formula is C19H24N6O3S. The molecule has 0 bridgehead atoms. The molecule has 0 saturated carbocycles. The van der Waals surface area contributed by atoms with Crippen LogP contribution in [0.5, 0.6) is 0 Å². The van der Waals surface area contributed by atoms with Crippen molar-refractivity contribution in [3.8, 4) is 0 Å². The molecule has 3 heterocycles. The van der Waals surface area contributed by atoms with Gasteiger partial charge in [-0.25, -0.2) is 22.4 Å². The third-order valence-corrected chi connectivity index (χ3v) is 6.83. The van der Waals surface area contributed by atoms with Gasteiger partial charge in [0.2, 0.25) is 10.0 Å². The Hall–Kier alpha value is -2.59. The van der Waals surface area contributed by atoms with Crippen LogP contribution < -0.4 is 5.56 Å². The third kappa shape index (κ3) is 3.95. The molecular weight excluding hydrogens is 392 g/mol. The van der Waals surface area contributed by atoms with Gasteiger partial charge in [-0.3, -0.25) is 4.79 Å². The smallest absolute Gasteiger partial charge is 0.281 e. The average Bonchev–Trinajstić information content (AvgIpc) is 3.07. The minimum absolute atomic E-state index is 0.00541. The monoisotopic (exact) mass is 416 g/mol. The molecule has 4 rings (SSSR count). The number of benzene rings is 1. The van der Waals surface area contributed by atoms with Gasteiger partial charge in [-0.2, -0.15) is 0 Å². The first-order valence-electron chi connectivity index (χ1n) is 9.57. The molecule has 0 spiro atoms. The van der Waals surface area contributed by atoms with E-state index in [9.17, 15) is 13.2 Å². The van der Waals surface area contributed by atoms with Crippen LogP contribution in [0.4, 0.5) is 0 Å². The fourth-order valence-electron chi connectivity index (χ4n) is 3.78. The van der Waals surface area contributed by atoms with Crippen LogP contribution in [0.1, 0.15) is 41.3 Å². The molecule has 0 amide bonds. The van der Waals surface area contributed by atoms with E-state index in [-0.39, 0.29) is 17.0 Å². The fraction of sp³-hybridized carbons (Fsp3) is 0.474. The zero-order valence-corrected chi connectivity index (χ0v) is 17.5. The van der Waals surface area contributed by atoms with Gasteiger partial charge < -0.3 is 4.98 Å². The van der Waals surface area contributed by atoms with E-state index in [0.29, 0.717) is 43.9 Å². The number of nitrogens with zero attached hydrogens (tertiary/aromatic N) is 5. The number of aryl methyl sites for hydroxylation is 2. The number of hydrogen-bond acceptors (Lipinski definition) is 6. The second-order valence-electron chi connectivity index (χ2n) is 7.74. The third-order valence-electron chi connectivity index (χ3n) is 5.53. The number of aromatic nitrogens is 5. The summed E-state index contributed by atoms with van der Waals surface area (Å²) in [6, 6.07) is 6.21. The number of nitrogens with one attached hydrogen (secondary N) is 1.